The highest BCUT2D eigenvalue weighted by molar-refractivity contribution is 7.10. The van der Waals surface area contributed by atoms with Crippen LogP contribution in [0.5, 0.6) is 0 Å². The molecule has 0 aliphatic rings. The highest BCUT2D eigenvalue weighted by Gasteiger charge is 2.23. The van der Waals surface area contributed by atoms with Crippen LogP contribution in [0.1, 0.15) is 23.8 Å². The Labute approximate surface area is 100 Å². The molecule has 84 valence electrons. The fraction of sp³-hybridized carbons (Fsp3) is 0.286. The second-order valence-corrected chi connectivity index (χ2v) is 5.18. The number of thiophene rings is 1. The Morgan fingerprint density at radius 1 is 1.12 bits per heavy atom. The Balaban J connectivity index is 2.00. The third-order valence-corrected chi connectivity index (χ3v) is 3.92. The molecule has 0 aliphatic carbocycles. The van der Waals surface area contributed by atoms with Gasteiger partial charge < -0.3 is 5.11 Å². The van der Waals surface area contributed by atoms with E-state index in [-0.39, 0.29) is 0 Å². The average Bonchev–Trinajstić information content (AvgIpc) is 2.82. The van der Waals surface area contributed by atoms with Crippen molar-refractivity contribution < 1.29 is 5.11 Å². The number of hydrogen-bond donors (Lipinski definition) is 1. The van der Waals surface area contributed by atoms with E-state index in [9.17, 15) is 5.11 Å². The van der Waals surface area contributed by atoms with Gasteiger partial charge in [0.25, 0.3) is 0 Å². The van der Waals surface area contributed by atoms with E-state index in [1.54, 1.807) is 11.3 Å². The lowest BCUT2D eigenvalue weighted by atomic mass is 9.95. The van der Waals surface area contributed by atoms with E-state index in [0.29, 0.717) is 0 Å². The topological polar surface area (TPSA) is 20.2 Å². The van der Waals surface area contributed by atoms with Crippen molar-refractivity contribution >= 4 is 11.3 Å². The van der Waals surface area contributed by atoms with Gasteiger partial charge in [0.2, 0.25) is 0 Å². The van der Waals surface area contributed by atoms with Crippen LogP contribution in [0.4, 0.5) is 0 Å². The van der Waals surface area contributed by atoms with Gasteiger partial charge in [-0.2, -0.15) is 0 Å². The van der Waals surface area contributed by atoms with Crippen LogP contribution in [-0.2, 0) is 12.0 Å². The molecule has 1 aromatic heterocycles. The van der Waals surface area contributed by atoms with Crippen molar-refractivity contribution in [3.63, 3.8) is 0 Å². The molecule has 16 heavy (non-hydrogen) atoms. The molecule has 1 unspecified atom stereocenters. The van der Waals surface area contributed by atoms with Crippen LogP contribution in [-0.4, -0.2) is 5.11 Å². The van der Waals surface area contributed by atoms with Crippen LogP contribution in [0.3, 0.4) is 0 Å². The molecule has 1 aromatic carbocycles. The summed E-state index contributed by atoms with van der Waals surface area (Å²) in [6, 6.07) is 14.3. The van der Waals surface area contributed by atoms with Gasteiger partial charge in [-0.25, -0.2) is 0 Å². The summed E-state index contributed by atoms with van der Waals surface area (Å²) in [6.07, 6.45) is 1.67. The molecule has 0 saturated carbocycles. The lowest BCUT2D eigenvalue weighted by Crippen LogP contribution is -2.20. The summed E-state index contributed by atoms with van der Waals surface area (Å²) in [4.78, 5) is 1.04. The third kappa shape index (κ3) is 2.71. The van der Waals surface area contributed by atoms with Gasteiger partial charge >= 0.3 is 0 Å². The van der Waals surface area contributed by atoms with Gasteiger partial charge in [-0.3, -0.25) is 0 Å². The highest BCUT2D eigenvalue weighted by atomic mass is 32.1. The molecule has 2 heteroatoms. The molecule has 0 bridgehead atoms. The molecule has 0 aliphatic heterocycles. The summed E-state index contributed by atoms with van der Waals surface area (Å²) < 4.78 is 0. The van der Waals surface area contributed by atoms with E-state index >= 15 is 0 Å². The van der Waals surface area contributed by atoms with Gasteiger partial charge in [-0.05, 0) is 36.8 Å². The fourth-order valence-electron chi connectivity index (χ4n) is 1.74. The molecule has 1 heterocycles. The zero-order chi connectivity index (χ0) is 11.4. The fourth-order valence-corrected chi connectivity index (χ4v) is 2.56. The Bertz CT molecular complexity index is 417. The maximum Gasteiger partial charge on any atom is 0.0963 e. The van der Waals surface area contributed by atoms with Crippen LogP contribution >= 0.6 is 11.3 Å². The zero-order valence-corrected chi connectivity index (χ0v) is 10.2. The van der Waals surface area contributed by atoms with Crippen molar-refractivity contribution in [2.75, 3.05) is 0 Å². The molecule has 2 aromatic rings. The van der Waals surface area contributed by atoms with Crippen LogP contribution in [0.25, 0.3) is 0 Å². The molecule has 2 rings (SSSR count). The summed E-state index contributed by atoms with van der Waals surface area (Å²) in [5, 5.41) is 12.4. The monoisotopic (exact) mass is 232 g/mol. The zero-order valence-electron chi connectivity index (χ0n) is 9.39. The van der Waals surface area contributed by atoms with E-state index in [2.05, 4.69) is 12.1 Å². The van der Waals surface area contributed by atoms with Gasteiger partial charge in [0.15, 0.2) is 0 Å². The second kappa shape index (κ2) is 4.81. The number of hydrogen-bond acceptors (Lipinski definition) is 2. The SMILES string of the molecule is CC(O)(CCc1ccccc1)c1cccs1. The van der Waals surface area contributed by atoms with Crippen molar-refractivity contribution in [2.24, 2.45) is 0 Å². The number of aryl methyl sites for hydroxylation is 1. The highest BCUT2D eigenvalue weighted by Crippen LogP contribution is 2.29. The number of aliphatic hydroxyl groups is 1. The minimum Gasteiger partial charge on any atom is -0.385 e. The van der Waals surface area contributed by atoms with Crippen molar-refractivity contribution in [1.29, 1.82) is 0 Å². The van der Waals surface area contributed by atoms with Crippen molar-refractivity contribution in [3.05, 3.63) is 58.3 Å². The number of rotatable bonds is 4. The Morgan fingerprint density at radius 3 is 2.50 bits per heavy atom. The second-order valence-electron chi connectivity index (χ2n) is 4.24. The molecule has 0 saturated heterocycles. The minimum absolute atomic E-state index is 0.704. The Kier molecular flexibility index (Phi) is 3.42. The van der Waals surface area contributed by atoms with Crippen LogP contribution < -0.4 is 0 Å². The molecule has 1 atom stereocenters. The lowest BCUT2D eigenvalue weighted by molar-refractivity contribution is 0.0518. The molecule has 0 spiro atoms. The molecule has 0 fully saturated rings. The molecular formula is C14H16OS. The standard InChI is InChI=1S/C14H16OS/c1-14(15,13-8-5-11-16-13)10-9-12-6-3-2-4-7-12/h2-8,11,15H,9-10H2,1H3. The van der Waals surface area contributed by atoms with Gasteiger partial charge in [-0.1, -0.05) is 36.4 Å². The smallest absolute Gasteiger partial charge is 0.0963 e. The normalized spacial score (nSPS) is 14.6. The quantitative estimate of drug-likeness (QED) is 0.854. The lowest BCUT2D eigenvalue weighted by Gasteiger charge is -2.21. The van der Waals surface area contributed by atoms with Crippen molar-refractivity contribution in [1.82, 2.24) is 0 Å². The molecule has 1 N–H and O–H groups in total. The van der Waals surface area contributed by atoms with Crippen LogP contribution in [0.2, 0.25) is 0 Å². The Hall–Kier alpha value is -1.12. The summed E-state index contributed by atoms with van der Waals surface area (Å²) in [7, 11) is 0. The van der Waals surface area contributed by atoms with Crippen molar-refractivity contribution in [2.45, 2.75) is 25.4 Å². The number of benzene rings is 1. The van der Waals surface area contributed by atoms with Crippen LogP contribution in [0.15, 0.2) is 47.8 Å². The molecule has 0 amide bonds. The van der Waals surface area contributed by atoms with Crippen LogP contribution in [0, 0.1) is 0 Å². The van der Waals surface area contributed by atoms with Crippen molar-refractivity contribution in [3.8, 4) is 0 Å². The molecular weight excluding hydrogens is 216 g/mol. The van der Waals surface area contributed by atoms with Gasteiger partial charge in [0.05, 0.1) is 5.60 Å². The maximum atomic E-state index is 10.3. The maximum absolute atomic E-state index is 10.3. The van der Waals surface area contributed by atoms with E-state index in [0.717, 1.165) is 17.7 Å². The summed E-state index contributed by atoms with van der Waals surface area (Å²) in [5.41, 5.74) is 0.573. The summed E-state index contributed by atoms with van der Waals surface area (Å²) in [5.74, 6) is 0. The predicted molar refractivity (Wildman–Crippen MR) is 68.7 cm³/mol. The Morgan fingerprint density at radius 2 is 1.88 bits per heavy atom. The van der Waals surface area contributed by atoms with E-state index in [4.69, 9.17) is 0 Å². The minimum atomic E-state index is -0.704. The first-order valence-electron chi connectivity index (χ1n) is 5.49. The third-order valence-electron chi connectivity index (χ3n) is 2.80. The first-order valence-corrected chi connectivity index (χ1v) is 6.37. The molecule has 1 nitrogen and oxygen atoms in total. The first kappa shape index (κ1) is 11.4. The van der Waals surface area contributed by atoms with Gasteiger partial charge in [0, 0.05) is 4.88 Å². The predicted octanol–water partition coefficient (Wildman–Crippen LogP) is 3.59. The largest absolute Gasteiger partial charge is 0.385 e. The van der Waals surface area contributed by atoms with E-state index < -0.39 is 5.60 Å². The summed E-state index contributed by atoms with van der Waals surface area (Å²) in [6.45, 7) is 1.89. The van der Waals surface area contributed by atoms with E-state index in [1.165, 1.54) is 5.56 Å². The first-order chi connectivity index (χ1) is 7.68. The van der Waals surface area contributed by atoms with Gasteiger partial charge in [0.1, 0.15) is 0 Å². The average molecular weight is 232 g/mol. The van der Waals surface area contributed by atoms with E-state index in [1.807, 2.05) is 42.6 Å². The molecule has 0 radical (unpaired) electrons. The van der Waals surface area contributed by atoms with Gasteiger partial charge in [-0.15, -0.1) is 11.3 Å². The summed E-state index contributed by atoms with van der Waals surface area (Å²) >= 11 is 1.62.